The van der Waals surface area contributed by atoms with E-state index in [4.69, 9.17) is 0 Å². The first kappa shape index (κ1) is 20.5. The van der Waals surface area contributed by atoms with Gasteiger partial charge in [-0.25, -0.2) is 0 Å². The van der Waals surface area contributed by atoms with E-state index >= 15 is 0 Å². The molecular formula is C28H23N5. The van der Waals surface area contributed by atoms with Crippen molar-refractivity contribution in [3.05, 3.63) is 103 Å². The predicted molar refractivity (Wildman–Crippen MR) is 137 cm³/mol. The van der Waals surface area contributed by atoms with Crippen LogP contribution in [0, 0.1) is 0 Å². The highest BCUT2D eigenvalue weighted by molar-refractivity contribution is 6.01. The Bertz CT molecular complexity index is 1470. The summed E-state index contributed by atoms with van der Waals surface area (Å²) in [4.78, 5) is 0. The van der Waals surface area contributed by atoms with E-state index in [-0.39, 0.29) is 0 Å². The number of hydrogen-bond acceptors (Lipinski definition) is 5. The van der Waals surface area contributed by atoms with Crippen molar-refractivity contribution in [2.75, 3.05) is 11.9 Å². The highest BCUT2D eigenvalue weighted by Crippen LogP contribution is 2.37. The number of azo groups is 2. The third-order valence-corrected chi connectivity index (χ3v) is 5.44. The third-order valence-electron chi connectivity index (χ3n) is 5.44. The van der Waals surface area contributed by atoms with Crippen LogP contribution in [-0.4, -0.2) is 6.54 Å². The van der Waals surface area contributed by atoms with Crippen LogP contribution >= 0.6 is 0 Å². The minimum Gasteiger partial charge on any atom is -0.385 e. The third kappa shape index (κ3) is 4.34. The minimum absolute atomic E-state index is 0.795. The summed E-state index contributed by atoms with van der Waals surface area (Å²) < 4.78 is 0. The molecule has 5 nitrogen and oxygen atoms in total. The van der Waals surface area contributed by atoms with E-state index < -0.39 is 0 Å². The van der Waals surface area contributed by atoms with Gasteiger partial charge in [0.15, 0.2) is 0 Å². The molecule has 5 aromatic carbocycles. The van der Waals surface area contributed by atoms with Gasteiger partial charge in [0.2, 0.25) is 0 Å². The van der Waals surface area contributed by atoms with Crippen LogP contribution in [0.25, 0.3) is 21.5 Å². The molecule has 5 rings (SSSR count). The lowest BCUT2D eigenvalue weighted by molar-refractivity contribution is 1.21. The number of anilines is 1. The van der Waals surface area contributed by atoms with Crippen LogP contribution in [0.15, 0.2) is 124 Å². The zero-order chi connectivity index (χ0) is 22.5. The molecule has 0 unspecified atom stereocenters. The maximum Gasteiger partial charge on any atom is 0.0936 e. The molecule has 0 aliphatic heterocycles. The van der Waals surface area contributed by atoms with E-state index in [1.54, 1.807) is 0 Å². The lowest BCUT2D eigenvalue weighted by Gasteiger charge is -2.09. The lowest BCUT2D eigenvalue weighted by Crippen LogP contribution is -1.96. The van der Waals surface area contributed by atoms with Gasteiger partial charge in [-0.1, -0.05) is 66.7 Å². The molecule has 160 valence electrons. The molecule has 0 aromatic heterocycles. The summed E-state index contributed by atoms with van der Waals surface area (Å²) in [5.41, 5.74) is 4.35. The molecule has 5 heteroatoms. The van der Waals surface area contributed by atoms with E-state index in [9.17, 15) is 0 Å². The summed E-state index contributed by atoms with van der Waals surface area (Å²) in [7, 11) is 0. The molecule has 5 aromatic rings. The predicted octanol–water partition coefficient (Wildman–Crippen LogP) is 9.26. The molecule has 0 radical (unpaired) electrons. The van der Waals surface area contributed by atoms with Gasteiger partial charge < -0.3 is 5.32 Å². The Morgan fingerprint density at radius 3 is 1.52 bits per heavy atom. The standard InChI is InChI=1S/C28H23N5/c1-2-29-25-16-17-27(22-13-7-6-12-21(22)25)32-33-28-19-18-26(23-14-8-9-15-24(23)28)31-30-20-10-4-3-5-11-20/h3-19,29H,2H2,1H3. The van der Waals surface area contributed by atoms with E-state index in [0.717, 1.165) is 56.5 Å². The van der Waals surface area contributed by atoms with Gasteiger partial charge in [-0.05, 0) is 43.3 Å². The van der Waals surface area contributed by atoms with Crippen molar-refractivity contribution in [3.8, 4) is 0 Å². The zero-order valence-corrected chi connectivity index (χ0v) is 18.3. The highest BCUT2D eigenvalue weighted by Gasteiger charge is 2.07. The van der Waals surface area contributed by atoms with Crippen LogP contribution < -0.4 is 5.32 Å². The number of fused-ring (bicyclic) bond motifs is 2. The number of hydrogen-bond donors (Lipinski definition) is 1. The Morgan fingerprint density at radius 1 is 0.485 bits per heavy atom. The minimum atomic E-state index is 0.795. The Kier molecular flexibility index (Phi) is 5.85. The second-order valence-corrected chi connectivity index (χ2v) is 7.59. The van der Waals surface area contributed by atoms with Crippen LogP contribution in [0.1, 0.15) is 6.92 Å². The first-order valence-corrected chi connectivity index (χ1v) is 11.0. The van der Waals surface area contributed by atoms with Crippen LogP contribution in [0.3, 0.4) is 0 Å². The van der Waals surface area contributed by atoms with E-state index in [2.05, 4.69) is 50.9 Å². The van der Waals surface area contributed by atoms with Gasteiger partial charge in [0.05, 0.1) is 22.7 Å². The molecule has 0 atom stereocenters. The van der Waals surface area contributed by atoms with Crippen molar-refractivity contribution in [1.29, 1.82) is 0 Å². The molecule has 0 amide bonds. The van der Waals surface area contributed by atoms with Gasteiger partial charge >= 0.3 is 0 Å². The molecule has 33 heavy (non-hydrogen) atoms. The molecule has 0 fully saturated rings. The summed E-state index contributed by atoms with van der Waals surface area (Å²) in [5, 5.41) is 25.7. The molecule has 0 aliphatic rings. The SMILES string of the molecule is CCNc1ccc(N=Nc2ccc(N=Nc3ccccc3)c3ccccc23)c2ccccc12. The summed E-state index contributed by atoms with van der Waals surface area (Å²) in [6.45, 7) is 2.96. The molecule has 0 heterocycles. The van der Waals surface area contributed by atoms with Crippen LogP contribution in [-0.2, 0) is 0 Å². The number of nitrogens with one attached hydrogen (secondary N) is 1. The Morgan fingerprint density at radius 2 is 0.939 bits per heavy atom. The molecule has 0 saturated carbocycles. The van der Waals surface area contributed by atoms with Crippen LogP contribution in [0.5, 0.6) is 0 Å². The molecule has 0 saturated heterocycles. The smallest absolute Gasteiger partial charge is 0.0936 e. The molecule has 0 bridgehead atoms. The fraction of sp³-hybridized carbons (Fsp3) is 0.0714. The maximum absolute atomic E-state index is 4.62. The Balaban J connectivity index is 1.53. The lowest BCUT2D eigenvalue weighted by atomic mass is 10.1. The monoisotopic (exact) mass is 429 g/mol. The first-order valence-electron chi connectivity index (χ1n) is 11.0. The van der Waals surface area contributed by atoms with Gasteiger partial charge in [0, 0.05) is 33.8 Å². The average Bonchev–Trinajstić information content (AvgIpc) is 2.88. The van der Waals surface area contributed by atoms with E-state index in [0.29, 0.717) is 0 Å². The second-order valence-electron chi connectivity index (χ2n) is 7.59. The molecule has 1 N–H and O–H groups in total. The Hall–Kier alpha value is -4.38. The number of nitrogens with zero attached hydrogens (tertiary/aromatic N) is 4. The summed E-state index contributed by atoms with van der Waals surface area (Å²) in [6.07, 6.45) is 0. The van der Waals surface area contributed by atoms with Crippen molar-refractivity contribution < 1.29 is 0 Å². The van der Waals surface area contributed by atoms with Crippen molar-refractivity contribution >= 4 is 50.0 Å². The van der Waals surface area contributed by atoms with Crippen LogP contribution in [0.4, 0.5) is 28.4 Å². The quantitative estimate of drug-likeness (QED) is 0.269. The van der Waals surface area contributed by atoms with Crippen molar-refractivity contribution in [2.45, 2.75) is 6.92 Å². The van der Waals surface area contributed by atoms with Gasteiger partial charge in [0.1, 0.15) is 0 Å². The van der Waals surface area contributed by atoms with Gasteiger partial charge in [-0.3, -0.25) is 0 Å². The van der Waals surface area contributed by atoms with Crippen LogP contribution in [0.2, 0.25) is 0 Å². The largest absolute Gasteiger partial charge is 0.385 e. The zero-order valence-electron chi connectivity index (χ0n) is 18.3. The number of benzene rings is 5. The average molecular weight is 430 g/mol. The fourth-order valence-corrected chi connectivity index (χ4v) is 3.87. The van der Waals surface area contributed by atoms with Crippen molar-refractivity contribution in [3.63, 3.8) is 0 Å². The van der Waals surface area contributed by atoms with Gasteiger partial charge in [-0.15, -0.1) is 15.3 Å². The molecule has 0 spiro atoms. The van der Waals surface area contributed by atoms with Crippen molar-refractivity contribution in [1.82, 2.24) is 0 Å². The summed E-state index contributed by atoms with van der Waals surface area (Å²) >= 11 is 0. The molecule has 0 aliphatic carbocycles. The topological polar surface area (TPSA) is 61.5 Å². The second kappa shape index (κ2) is 9.40. The summed E-state index contributed by atoms with van der Waals surface area (Å²) in [5.74, 6) is 0. The van der Waals surface area contributed by atoms with Gasteiger partial charge in [-0.2, -0.15) is 5.11 Å². The van der Waals surface area contributed by atoms with Gasteiger partial charge in [0.25, 0.3) is 0 Å². The van der Waals surface area contributed by atoms with Crippen molar-refractivity contribution in [2.24, 2.45) is 20.5 Å². The van der Waals surface area contributed by atoms with E-state index in [1.807, 2.05) is 84.9 Å². The Labute approximate surface area is 192 Å². The fourth-order valence-electron chi connectivity index (χ4n) is 3.87. The first-order chi connectivity index (χ1) is 16.3. The molecular weight excluding hydrogens is 406 g/mol. The summed E-state index contributed by atoms with van der Waals surface area (Å²) in [6, 6.07) is 34.0. The van der Waals surface area contributed by atoms with E-state index in [1.165, 1.54) is 0 Å². The maximum atomic E-state index is 4.62. The number of rotatable bonds is 6. The highest BCUT2D eigenvalue weighted by atomic mass is 15.1. The normalized spacial score (nSPS) is 11.7.